The van der Waals surface area contributed by atoms with Gasteiger partial charge in [-0.1, -0.05) is 105 Å². The van der Waals surface area contributed by atoms with Crippen LogP contribution in [0.15, 0.2) is 132 Å². The maximum atomic E-state index is 6.32. The maximum absolute atomic E-state index is 6.32. The van der Waals surface area contributed by atoms with Gasteiger partial charge in [-0.3, -0.25) is 0 Å². The normalized spacial score (nSPS) is 11.0. The van der Waals surface area contributed by atoms with Gasteiger partial charge in [-0.25, -0.2) is 0 Å². The number of aromatic nitrogens is 2. The van der Waals surface area contributed by atoms with Crippen LogP contribution in [-0.2, 0) is 25.5 Å². The van der Waals surface area contributed by atoms with Crippen LogP contribution in [0.1, 0.15) is 26.3 Å². The molecule has 0 fully saturated rings. The minimum Gasteiger partial charge on any atom is -0.500 e. The Morgan fingerprint density at radius 2 is 1.26 bits per heavy atom. The molecule has 42 heavy (non-hydrogen) atoms. The van der Waals surface area contributed by atoms with Crippen molar-refractivity contribution in [1.29, 1.82) is 0 Å². The van der Waals surface area contributed by atoms with Gasteiger partial charge < -0.3 is 14.4 Å². The second kappa shape index (κ2) is 12.6. The van der Waals surface area contributed by atoms with Crippen LogP contribution in [0.3, 0.4) is 0 Å². The Labute approximate surface area is 260 Å². The van der Waals surface area contributed by atoms with E-state index in [1.165, 1.54) is 16.7 Å². The SMILES string of the molecule is CC(C)(C)c1cccc2c1oc1c(-c3ccccn3)[c-]ccc12.[Ir].[c-]1ccc(-c2ccccc2)cc1-c1ccccn1. The second-order valence-corrected chi connectivity index (χ2v) is 10.9. The zero-order valence-corrected chi connectivity index (χ0v) is 26.2. The van der Waals surface area contributed by atoms with Crippen LogP contribution in [0.4, 0.5) is 0 Å². The second-order valence-electron chi connectivity index (χ2n) is 10.9. The molecule has 7 rings (SSSR count). The first-order chi connectivity index (χ1) is 20.0. The molecule has 0 saturated carbocycles. The molecule has 0 aliphatic carbocycles. The number of pyridine rings is 2. The molecular formula is C38H30IrN2O-2. The topological polar surface area (TPSA) is 38.9 Å². The van der Waals surface area contributed by atoms with Gasteiger partial charge >= 0.3 is 0 Å². The van der Waals surface area contributed by atoms with Gasteiger partial charge in [0.15, 0.2) is 0 Å². The third-order valence-electron chi connectivity index (χ3n) is 7.04. The molecule has 4 aromatic carbocycles. The van der Waals surface area contributed by atoms with E-state index in [2.05, 4.69) is 91.4 Å². The predicted octanol–water partition coefficient (Wildman–Crippen LogP) is 9.96. The molecule has 0 N–H and O–H groups in total. The van der Waals surface area contributed by atoms with E-state index in [1.807, 2.05) is 66.7 Å². The number of nitrogens with zero attached hydrogens (tertiary/aromatic N) is 2. The molecule has 3 nitrogen and oxygen atoms in total. The van der Waals surface area contributed by atoms with Crippen LogP contribution in [0.5, 0.6) is 0 Å². The summed E-state index contributed by atoms with van der Waals surface area (Å²) >= 11 is 0. The molecule has 0 amide bonds. The summed E-state index contributed by atoms with van der Waals surface area (Å²) in [5.74, 6) is 0. The summed E-state index contributed by atoms with van der Waals surface area (Å²) < 4.78 is 6.32. The average Bonchev–Trinajstić information content (AvgIpc) is 3.41. The van der Waals surface area contributed by atoms with Crippen molar-refractivity contribution in [2.75, 3.05) is 0 Å². The molecule has 1 radical (unpaired) electrons. The summed E-state index contributed by atoms with van der Waals surface area (Å²) in [7, 11) is 0. The fraction of sp³-hybridized carbons (Fsp3) is 0.105. The molecule has 0 spiro atoms. The van der Waals surface area contributed by atoms with E-state index >= 15 is 0 Å². The van der Waals surface area contributed by atoms with E-state index in [0.717, 1.165) is 44.5 Å². The van der Waals surface area contributed by atoms with Crippen molar-refractivity contribution in [2.24, 2.45) is 0 Å². The van der Waals surface area contributed by atoms with Crippen LogP contribution >= 0.6 is 0 Å². The molecule has 0 bridgehead atoms. The minimum atomic E-state index is 0. The van der Waals surface area contributed by atoms with Crippen molar-refractivity contribution < 1.29 is 24.5 Å². The largest absolute Gasteiger partial charge is 0.500 e. The molecular weight excluding hydrogens is 693 g/mol. The number of furan rings is 1. The molecule has 0 unspecified atom stereocenters. The molecule has 209 valence electrons. The first kappa shape index (κ1) is 29.1. The number of para-hydroxylation sites is 1. The van der Waals surface area contributed by atoms with Crippen molar-refractivity contribution in [1.82, 2.24) is 9.97 Å². The standard InChI is InChI=1S/C21H18NO.C17H12N.Ir/c1-21(2,3)17-11-7-9-15-14-8-6-10-16(19(14)23-20(15)17)18-12-4-5-13-22-18;1-2-7-14(8-3-1)15-9-6-10-16(13-15)17-11-4-5-12-18-17;/h4-9,11-13H,1-3H3;1-9,11-13H;/q2*-1;. The zero-order valence-electron chi connectivity index (χ0n) is 23.8. The van der Waals surface area contributed by atoms with E-state index in [0.29, 0.717) is 0 Å². The summed E-state index contributed by atoms with van der Waals surface area (Å²) in [5, 5.41) is 2.27. The van der Waals surface area contributed by atoms with Crippen LogP contribution in [0.25, 0.3) is 55.6 Å². The number of rotatable bonds is 3. The summed E-state index contributed by atoms with van der Waals surface area (Å²) in [6.07, 6.45) is 3.60. The number of hydrogen-bond donors (Lipinski definition) is 0. The zero-order chi connectivity index (χ0) is 28.2. The van der Waals surface area contributed by atoms with Gasteiger partial charge in [0.25, 0.3) is 0 Å². The molecule has 0 aliphatic heterocycles. The molecule has 0 saturated heterocycles. The number of hydrogen-bond acceptors (Lipinski definition) is 3. The van der Waals surface area contributed by atoms with Gasteiger partial charge in [-0.15, -0.1) is 53.6 Å². The maximum Gasteiger partial charge on any atom is 0.124 e. The molecule has 7 aromatic rings. The van der Waals surface area contributed by atoms with Crippen molar-refractivity contribution in [3.05, 3.63) is 145 Å². The quantitative estimate of drug-likeness (QED) is 0.171. The Bertz CT molecular complexity index is 1850. The summed E-state index contributed by atoms with van der Waals surface area (Å²) in [5.41, 5.74) is 9.25. The molecule has 0 atom stereocenters. The van der Waals surface area contributed by atoms with E-state index in [1.54, 1.807) is 12.4 Å². The Morgan fingerprint density at radius 1 is 0.595 bits per heavy atom. The summed E-state index contributed by atoms with van der Waals surface area (Å²) in [6, 6.07) is 45.2. The number of benzene rings is 4. The first-order valence-corrected chi connectivity index (χ1v) is 13.8. The van der Waals surface area contributed by atoms with Crippen molar-refractivity contribution in [3.63, 3.8) is 0 Å². The van der Waals surface area contributed by atoms with Crippen LogP contribution in [0, 0.1) is 12.1 Å². The summed E-state index contributed by atoms with van der Waals surface area (Å²) in [4.78, 5) is 8.80. The van der Waals surface area contributed by atoms with Gasteiger partial charge in [0.2, 0.25) is 0 Å². The van der Waals surface area contributed by atoms with Crippen LogP contribution in [0.2, 0.25) is 0 Å². The third-order valence-corrected chi connectivity index (χ3v) is 7.04. The van der Waals surface area contributed by atoms with E-state index in [9.17, 15) is 0 Å². The summed E-state index contributed by atoms with van der Waals surface area (Å²) in [6.45, 7) is 6.63. The predicted molar refractivity (Wildman–Crippen MR) is 168 cm³/mol. The van der Waals surface area contributed by atoms with Crippen molar-refractivity contribution >= 4 is 21.9 Å². The average molecular weight is 723 g/mol. The Morgan fingerprint density at radius 3 is 1.95 bits per heavy atom. The minimum absolute atomic E-state index is 0. The first-order valence-electron chi connectivity index (χ1n) is 13.8. The van der Waals surface area contributed by atoms with E-state index < -0.39 is 0 Å². The molecule has 3 aromatic heterocycles. The van der Waals surface area contributed by atoms with Gasteiger partial charge in [0.1, 0.15) is 5.58 Å². The van der Waals surface area contributed by atoms with E-state index in [-0.39, 0.29) is 25.5 Å². The third kappa shape index (κ3) is 6.11. The molecule has 0 aliphatic rings. The van der Waals surface area contributed by atoms with E-state index in [4.69, 9.17) is 4.42 Å². The van der Waals surface area contributed by atoms with Gasteiger partial charge in [0, 0.05) is 37.9 Å². The Hall–Kier alpha value is -4.37. The fourth-order valence-electron chi connectivity index (χ4n) is 5.00. The van der Waals surface area contributed by atoms with Crippen molar-refractivity contribution in [3.8, 4) is 33.6 Å². The molecule has 4 heteroatoms. The smallest absolute Gasteiger partial charge is 0.124 e. The van der Waals surface area contributed by atoms with Gasteiger partial charge in [0.05, 0.1) is 5.58 Å². The van der Waals surface area contributed by atoms with Crippen LogP contribution in [-0.4, -0.2) is 9.97 Å². The van der Waals surface area contributed by atoms with Gasteiger partial charge in [-0.2, -0.15) is 0 Å². The Balaban J connectivity index is 0.000000169. The monoisotopic (exact) mass is 723 g/mol. The fourth-order valence-corrected chi connectivity index (χ4v) is 5.00. The number of fused-ring (bicyclic) bond motifs is 3. The van der Waals surface area contributed by atoms with Crippen LogP contribution < -0.4 is 0 Å². The van der Waals surface area contributed by atoms with Gasteiger partial charge in [-0.05, 0) is 40.1 Å². The van der Waals surface area contributed by atoms with Crippen molar-refractivity contribution in [2.45, 2.75) is 26.2 Å². The Kier molecular flexibility index (Phi) is 8.77. The molecule has 3 heterocycles.